The van der Waals surface area contributed by atoms with E-state index in [0.29, 0.717) is 5.25 Å². The van der Waals surface area contributed by atoms with Gasteiger partial charge in [0.15, 0.2) is 0 Å². The van der Waals surface area contributed by atoms with Crippen molar-refractivity contribution in [2.75, 3.05) is 0 Å². The van der Waals surface area contributed by atoms with Gasteiger partial charge in [-0.05, 0) is 32.8 Å². The number of nitrogens with zero attached hydrogens (tertiary/aromatic N) is 1. The van der Waals surface area contributed by atoms with Crippen LogP contribution < -0.4 is 0 Å². The molecule has 0 atom stereocenters. The highest BCUT2D eigenvalue weighted by Gasteiger charge is 2.09. The highest BCUT2D eigenvalue weighted by Crippen LogP contribution is 2.30. The summed E-state index contributed by atoms with van der Waals surface area (Å²) in [6.07, 6.45) is 2.24. The van der Waals surface area contributed by atoms with Crippen LogP contribution in [0.5, 0.6) is 0 Å². The van der Waals surface area contributed by atoms with Crippen molar-refractivity contribution >= 4 is 38.6 Å². The molecule has 16 heavy (non-hydrogen) atoms. The highest BCUT2D eigenvalue weighted by atomic mass is 79.9. The summed E-state index contributed by atoms with van der Waals surface area (Å²) in [6, 6.07) is 6.41. The van der Waals surface area contributed by atoms with E-state index in [9.17, 15) is 0 Å². The number of thioether (sulfide) groups is 1. The fourth-order valence-corrected chi connectivity index (χ4v) is 3.26. The molecule has 2 aromatic rings. The molecular weight excluding hydrogens is 282 g/mol. The summed E-state index contributed by atoms with van der Waals surface area (Å²) in [5, 5.41) is 2.05. The van der Waals surface area contributed by atoms with Gasteiger partial charge in [-0.25, -0.2) is 0 Å². The first-order valence-corrected chi connectivity index (χ1v) is 7.28. The largest absolute Gasteiger partial charge is 0.349 e. The predicted octanol–water partition coefficient (Wildman–Crippen LogP) is 4.58. The number of rotatable bonds is 3. The van der Waals surface area contributed by atoms with Gasteiger partial charge in [0.2, 0.25) is 0 Å². The number of benzene rings is 1. The summed E-state index contributed by atoms with van der Waals surface area (Å²) in [6.45, 7) is 4.48. The summed E-state index contributed by atoms with van der Waals surface area (Å²) < 4.78 is 3.38. The van der Waals surface area contributed by atoms with Crippen molar-refractivity contribution in [2.24, 2.45) is 7.05 Å². The van der Waals surface area contributed by atoms with Gasteiger partial charge in [-0.1, -0.05) is 26.0 Å². The van der Waals surface area contributed by atoms with Crippen LogP contribution in [-0.4, -0.2) is 9.82 Å². The average Bonchev–Trinajstić information content (AvgIpc) is 2.54. The minimum absolute atomic E-state index is 0.683. The molecule has 0 unspecified atom stereocenters. The molecule has 0 radical (unpaired) electrons. The second kappa shape index (κ2) is 4.84. The molecule has 86 valence electrons. The Balaban J connectivity index is 2.43. The van der Waals surface area contributed by atoms with Gasteiger partial charge in [0, 0.05) is 28.9 Å². The maximum Gasteiger partial charge on any atom is 0.0625 e. The Hall–Kier alpha value is -0.410. The maximum absolute atomic E-state index is 3.61. The van der Waals surface area contributed by atoms with Gasteiger partial charge < -0.3 is 4.57 Å². The Morgan fingerprint density at radius 2 is 2.12 bits per heavy atom. The van der Waals surface area contributed by atoms with Gasteiger partial charge >= 0.3 is 0 Å². The molecule has 1 nitrogen and oxygen atoms in total. The van der Waals surface area contributed by atoms with Crippen LogP contribution in [0, 0.1) is 0 Å². The van der Waals surface area contributed by atoms with Gasteiger partial charge in [-0.3, -0.25) is 0 Å². The fourth-order valence-electron chi connectivity index (χ4n) is 1.87. The molecule has 0 fully saturated rings. The summed E-state index contributed by atoms with van der Waals surface area (Å²) in [7, 11) is 2.11. The molecule has 0 bridgehead atoms. The number of hydrogen-bond acceptors (Lipinski definition) is 1. The van der Waals surface area contributed by atoms with Gasteiger partial charge in [-0.15, -0.1) is 0 Å². The monoisotopic (exact) mass is 297 g/mol. The van der Waals surface area contributed by atoms with Crippen LogP contribution in [0.1, 0.15) is 19.4 Å². The number of aryl methyl sites for hydroxylation is 1. The van der Waals surface area contributed by atoms with Crippen LogP contribution in [0.3, 0.4) is 0 Å². The molecule has 2 rings (SSSR count). The molecule has 1 aromatic carbocycles. The molecule has 0 N–H and O–H groups in total. The van der Waals surface area contributed by atoms with Gasteiger partial charge in [-0.2, -0.15) is 11.8 Å². The standard InChI is InChI=1S/C13H16BrNS/c1-9(2)16-8-10-7-15(3)13-11(10)5-4-6-12(13)14/h4-7,9H,8H2,1-3H3. The molecule has 0 aliphatic carbocycles. The zero-order chi connectivity index (χ0) is 11.7. The van der Waals surface area contributed by atoms with Crippen LogP contribution in [-0.2, 0) is 12.8 Å². The van der Waals surface area contributed by atoms with E-state index in [-0.39, 0.29) is 0 Å². The normalized spacial score (nSPS) is 11.6. The van der Waals surface area contributed by atoms with E-state index in [1.807, 2.05) is 11.8 Å². The van der Waals surface area contributed by atoms with Gasteiger partial charge in [0.1, 0.15) is 0 Å². The van der Waals surface area contributed by atoms with E-state index < -0.39 is 0 Å². The minimum Gasteiger partial charge on any atom is -0.349 e. The van der Waals surface area contributed by atoms with Crippen molar-refractivity contribution in [3.8, 4) is 0 Å². The minimum atomic E-state index is 0.683. The lowest BCUT2D eigenvalue weighted by Crippen LogP contribution is -1.88. The van der Waals surface area contributed by atoms with E-state index in [4.69, 9.17) is 0 Å². The van der Waals surface area contributed by atoms with Crippen LogP contribution in [0.25, 0.3) is 10.9 Å². The highest BCUT2D eigenvalue weighted by molar-refractivity contribution is 9.10. The third-order valence-corrected chi connectivity index (χ3v) is 4.39. The first-order valence-electron chi connectivity index (χ1n) is 5.43. The quantitative estimate of drug-likeness (QED) is 0.803. The predicted molar refractivity (Wildman–Crippen MR) is 77.1 cm³/mol. The molecule has 0 saturated carbocycles. The van der Waals surface area contributed by atoms with Crippen LogP contribution in [0.4, 0.5) is 0 Å². The van der Waals surface area contributed by atoms with E-state index in [0.717, 1.165) is 5.75 Å². The first kappa shape index (κ1) is 12.1. The van der Waals surface area contributed by atoms with Gasteiger partial charge in [0.05, 0.1) is 5.52 Å². The number of fused-ring (bicyclic) bond motifs is 1. The summed E-state index contributed by atoms with van der Waals surface area (Å²) >= 11 is 5.60. The zero-order valence-corrected chi connectivity index (χ0v) is 12.2. The Labute approximate surface area is 109 Å². The number of para-hydroxylation sites is 1. The van der Waals surface area contributed by atoms with E-state index in [2.05, 4.69) is 65.8 Å². The van der Waals surface area contributed by atoms with Crippen molar-refractivity contribution in [1.82, 2.24) is 4.57 Å². The van der Waals surface area contributed by atoms with Crippen molar-refractivity contribution in [2.45, 2.75) is 24.9 Å². The number of aromatic nitrogens is 1. The van der Waals surface area contributed by atoms with Gasteiger partial charge in [0.25, 0.3) is 0 Å². The van der Waals surface area contributed by atoms with Crippen LogP contribution >= 0.6 is 27.7 Å². The molecule has 0 spiro atoms. The molecule has 0 saturated heterocycles. The van der Waals surface area contributed by atoms with E-state index in [1.54, 1.807) is 0 Å². The molecular formula is C13H16BrNS. The van der Waals surface area contributed by atoms with Crippen molar-refractivity contribution < 1.29 is 0 Å². The van der Waals surface area contributed by atoms with Crippen LogP contribution in [0.2, 0.25) is 0 Å². The molecule has 1 heterocycles. The Morgan fingerprint density at radius 3 is 2.81 bits per heavy atom. The summed E-state index contributed by atoms with van der Waals surface area (Å²) in [5.41, 5.74) is 2.72. The molecule has 1 aromatic heterocycles. The number of hydrogen-bond donors (Lipinski definition) is 0. The lowest BCUT2D eigenvalue weighted by atomic mass is 10.2. The Kier molecular flexibility index (Phi) is 3.65. The van der Waals surface area contributed by atoms with E-state index in [1.165, 1.54) is 20.9 Å². The van der Waals surface area contributed by atoms with E-state index >= 15 is 0 Å². The third-order valence-electron chi connectivity index (χ3n) is 2.61. The van der Waals surface area contributed by atoms with Crippen molar-refractivity contribution in [3.63, 3.8) is 0 Å². The second-order valence-corrected chi connectivity index (χ2v) is 6.68. The van der Waals surface area contributed by atoms with Crippen molar-refractivity contribution in [3.05, 3.63) is 34.4 Å². The summed E-state index contributed by atoms with van der Waals surface area (Å²) in [4.78, 5) is 0. The average molecular weight is 298 g/mol. The Morgan fingerprint density at radius 1 is 1.38 bits per heavy atom. The summed E-state index contributed by atoms with van der Waals surface area (Å²) in [5.74, 6) is 1.09. The fraction of sp³-hybridized carbons (Fsp3) is 0.385. The first-order chi connectivity index (χ1) is 7.59. The Bertz CT molecular complexity index is 502. The molecule has 0 amide bonds. The second-order valence-electron chi connectivity index (χ2n) is 4.26. The smallest absolute Gasteiger partial charge is 0.0625 e. The molecule has 0 aliphatic heterocycles. The van der Waals surface area contributed by atoms with Crippen LogP contribution in [0.15, 0.2) is 28.9 Å². The molecule has 3 heteroatoms. The third kappa shape index (κ3) is 2.30. The number of halogens is 1. The van der Waals surface area contributed by atoms with Crippen molar-refractivity contribution in [1.29, 1.82) is 0 Å². The maximum atomic E-state index is 3.61. The lowest BCUT2D eigenvalue weighted by Gasteiger charge is -2.03. The SMILES string of the molecule is CC(C)SCc1cn(C)c2c(Br)cccc12. The lowest BCUT2D eigenvalue weighted by molar-refractivity contribution is 0.960. The topological polar surface area (TPSA) is 4.93 Å². The molecule has 0 aliphatic rings. The zero-order valence-electron chi connectivity index (χ0n) is 9.83.